The Hall–Kier alpha value is -0.793. The van der Waals surface area contributed by atoms with Gasteiger partial charge in [-0.25, -0.2) is 0 Å². The molecule has 0 saturated carbocycles. The highest BCUT2D eigenvalue weighted by molar-refractivity contribution is 6.74. The Morgan fingerprint density at radius 3 is 2.32 bits per heavy atom. The average molecular weight is 327 g/mol. The Bertz CT molecular complexity index is 385. The van der Waals surface area contributed by atoms with Gasteiger partial charge in [-0.05, 0) is 44.8 Å². The number of rotatable bonds is 8. The quantitative estimate of drug-likeness (QED) is 0.275. The first-order valence-corrected chi connectivity index (χ1v) is 11.3. The fourth-order valence-electron chi connectivity index (χ4n) is 1.79. The molecule has 0 aliphatic heterocycles. The molecular weight excluding hydrogens is 292 g/mol. The number of carbonyl (C=O) groups is 1. The van der Waals surface area contributed by atoms with Crippen LogP contribution < -0.4 is 0 Å². The van der Waals surface area contributed by atoms with Gasteiger partial charge in [0.2, 0.25) is 0 Å². The molecule has 0 aromatic carbocycles. The Kier molecular flexibility index (Phi) is 9.71. The van der Waals surface area contributed by atoms with E-state index in [2.05, 4.69) is 52.6 Å². The number of hydrogen-bond acceptors (Lipinski definition) is 3. The van der Waals surface area contributed by atoms with E-state index in [0.29, 0.717) is 25.6 Å². The average Bonchev–Trinajstić information content (AvgIpc) is 2.36. The lowest BCUT2D eigenvalue weighted by Gasteiger charge is -2.38. The summed E-state index contributed by atoms with van der Waals surface area (Å²) in [6, 6.07) is 0. The molecule has 0 unspecified atom stereocenters. The van der Waals surface area contributed by atoms with Gasteiger partial charge < -0.3 is 9.16 Å². The summed E-state index contributed by atoms with van der Waals surface area (Å²) in [5, 5.41) is 0.258. The van der Waals surface area contributed by atoms with E-state index in [1.165, 1.54) is 0 Å². The maximum atomic E-state index is 11.1. The van der Waals surface area contributed by atoms with Crippen molar-refractivity contribution in [1.82, 2.24) is 0 Å². The zero-order chi connectivity index (χ0) is 17.2. The van der Waals surface area contributed by atoms with E-state index in [9.17, 15) is 4.79 Å². The van der Waals surface area contributed by atoms with Crippen molar-refractivity contribution in [3.05, 3.63) is 0 Å². The molecule has 128 valence electrons. The molecule has 3 nitrogen and oxygen atoms in total. The Morgan fingerprint density at radius 1 is 1.18 bits per heavy atom. The zero-order valence-corrected chi connectivity index (χ0v) is 16.5. The predicted octanol–water partition coefficient (Wildman–Crippen LogP) is 4.91. The van der Waals surface area contributed by atoms with Crippen LogP contribution in [0.2, 0.25) is 18.1 Å². The molecule has 0 spiro atoms. The van der Waals surface area contributed by atoms with Gasteiger partial charge in [-0.15, -0.1) is 11.8 Å². The highest BCUT2D eigenvalue weighted by Gasteiger charge is 2.38. The van der Waals surface area contributed by atoms with Gasteiger partial charge in [0.05, 0.1) is 13.0 Å². The lowest BCUT2D eigenvalue weighted by Crippen LogP contribution is -2.43. The van der Waals surface area contributed by atoms with Gasteiger partial charge >= 0.3 is 5.97 Å². The SMILES string of the molecule is CCOC(=O)CCC#CCCC[C@H](C)O[Si](C)(C)C(C)(C)C. The number of esters is 1. The maximum Gasteiger partial charge on any atom is 0.306 e. The largest absolute Gasteiger partial charge is 0.466 e. The summed E-state index contributed by atoms with van der Waals surface area (Å²) in [6.45, 7) is 15.8. The molecule has 0 fully saturated rings. The van der Waals surface area contributed by atoms with Crippen molar-refractivity contribution in [3.8, 4) is 11.8 Å². The van der Waals surface area contributed by atoms with Gasteiger partial charge in [-0.1, -0.05) is 20.8 Å². The number of carbonyl (C=O) groups excluding carboxylic acids is 1. The van der Waals surface area contributed by atoms with Crippen LogP contribution in [0.4, 0.5) is 0 Å². The molecule has 0 aliphatic rings. The van der Waals surface area contributed by atoms with Crippen LogP contribution >= 0.6 is 0 Å². The summed E-state index contributed by atoms with van der Waals surface area (Å²) in [7, 11) is -1.66. The summed E-state index contributed by atoms with van der Waals surface area (Å²) < 4.78 is 11.2. The highest BCUT2D eigenvalue weighted by atomic mass is 28.4. The molecule has 0 aromatic rings. The zero-order valence-electron chi connectivity index (χ0n) is 15.5. The van der Waals surface area contributed by atoms with Crippen LogP contribution in [0.25, 0.3) is 0 Å². The number of unbranched alkanes of at least 4 members (excludes halogenated alkanes) is 1. The maximum absolute atomic E-state index is 11.1. The lowest BCUT2D eigenvalue weighted by atomic mass is 10.2. The van der Waals surface area contributed by atoms with Crippen LogP contribution in [0.1, 0.15) is 66.7 Å². The molecule has 0 amide bonds. The first kappa shape index (κ1) is 21.2. The molecule has 0 radical (unpaired) electrons. The summed E-state index contributed by atoms with van der Waals surface area (Å²) in [6.07, 6.45) is 4.23. The molecule has 0 bridgehead atoms. The van der Waals surface area contributed by atoms with Crippen LogP contribution in [0, 0.1) is 11.8 Å². The minimum absolute atomic E-state index is 0.159. The van der Waals surface area contributed by atoms with E-state index in [1.54, 1.807) is 0 Å². The normalized spacial score (nSPS) is 13.2. The molecule has 0 N–H and O–H groups in total. The molecule has 4 heteroatoms. The topological polar surface area (TPSA) is 35.5 Å². The van der Waals surface area contributed by atoms with Crippen LogP contribution in [-0.4, -0.2) is 27.0 Å². The fourth-order valence-corrected chi connectivity index (χ4v) is 3.27. The molecule has 0 saturated heterocycles. The van der Waals surface area contributed by atoms with Gasteiger partial charge in [-0.2, -0.15) is 0 Å². The van der Waals surface area contributed by atoms with Gasteiger partial charge in [-0.3, -0.25) is 4.79 Å². The predicted molar refractivity (Wildman–Crippen MR) is 95.2 cm³/mol. The van der Waals surface area contributed by atoms with E-state index in [-0.39, 0.29) is 11.0 Å². The van der Waals surface area contributed by atoms with Crippen molar-refractivity contribution in [2.75, 3.05) is 6.61 Å². The van der Waals surface area contributed by atoms with E-state index in [4.69, 9.17) is 9.16 Å². The molecule has 0 aromatic heterocycles. The first-order valence-electron chi connectivity index (χ1n) is 8.39. The molecule has 22 heavy (non-hydrogen) atoms. The second-order valence-corrected chi connectivity index (χ2v) is 12.0. The van der Waals surface area contributed by atoms with E-state index >= 15 is 0 Å². The smallest absolute Gasteiger partial charge is 0.306 e. The summed E-state index contributed by atoms with van der Waals surface area (Å²) in [5.41, 5.74) is 0. The van der Waals surface area contributed by atoms with Gasteiger partial charge in [0.1, 0.15) is 0 Å². The molecular formula is C18H34O3Si. The van der Waals surface area contributed by atoms with E-state index < -0.39 is 8.32 Å². The fraction of sp³-hybridized carbons (Fsp3) is 0.833. The molecule has 0 rings (SSSR count). The van der Waals surface area contributed by atoms with Crippen LogP contribution in [0.15, 0.2) is 0 Å². The lowest BCUT2D eigenvalue weighted by molar-refractivity contribution is -0.142. The first-order chi connectivity index (χ1) is 10.1. The summed E-state index contributed by atoms with van der Waals surface area (Å²) in [5.74, 6) is 6.01. The van der Waals surface area contributed by atoms with E-state index in [1.807, 2.05) is 6.92 Å². The Balaban J connectivity index is 3.87. The minimum Gasteiger partial charge on any atom is -0.466 e. The minimum atomic E-state index is -1.66. The van der Waals surface area contributed by atoms with Crippen molar-refractivity contribution in [3.63, 3.8) is 0 Å². The van der Waals surface area contributed by atoms with Gasteiger partial charge in [0.25, 0.3) is 0 Å². The third-order valence-electron chi connectivity index (χ3n) is 4.10. The van der Waals surface area contributed by atoms with Gasteiger partial charge in [0, 0.05) is 18.9 Å². The van der Waals surface area contributed by atoms with Crippen LogP contribution in [-0.2, 0) is 14.0 Å². The van der Waals surface area contributed by atoms with Crippen molar-refractivity contribution in [2.45, 2.75) is 91.0 Å². The standard InChI is InChI=1S/C18H34O3Si/c1-8-20-17(19)15-13-11-9-10-12-14-16(2)21-22(6,7)18(3,4)5/h16H,8,10,12-15H2,1-7H3/t16-/m0/s1. The van der Waals surface area contributed by atoms with Crippen molar-refractivity contribution in [1.29, 1.82) is 0 Å². The second-order valence-electron chi connectivity index (χ2n) is 7.24. The van der Waals surface area contributed by atoms with Crippen molar-refractivity contribution in [2.24, 2.45) is 0 Å². The Morgan fingerprint density at radius 2 is 1.77 bits per heavy atom. The van der Waals surface area contributed by atoms with Crippen molar-refractivity contribution < 1.29 is 14.0 Å². The third kappa shape index (κ3) is 9.27. The number of ether oxygens (including phenoxy) is 1. The molecule has 0 heterocycles. The monoisotopic (exact) mass is 326 g/mol. The molecule has 0 aliphatic carbocycles. The molecule has 1 atom stereocenters. The van der Waals surface area contributed by atoms with Crippen molar-refractivity contribution >= 4 is 14.3 Å². The third-order valence-corrected chi connectivity index (χ3v) is 8.70. The second kappa shape index (κ2) is 10.1. The van der Waals surface area contributed by atoms with Gasteiger partial charge in [0.15, 0.2) is 8.32 Å². The van der Waals surface area contributed by atoms with E-state index in [0.717, 1.165) is 19.3 Å². The van der Waals surface area contributed by atoms with Crippen LogP contribution in [0.5, 0.6) is 0 Å². The summed E-state index contributed by atoms with van der Waals surface area (Å²) >= 11 is 0. The highest BCUT2D eigenvalue weighted by Crippen LogP contribution is 2.37. The number of hydrogen-bond donors (Lipinski definition) is 0. The van der Waals surface area contributed by atoms with Crippen LogP contribution in [0.3, 0.4) is 0 Å². The summed E-state index contributed by atoms with van der Waals surface area (Å²) in [4.78, 5) is 11.1. The Labute approximate surface area is 138 Å².